The Morgan fingerprint density at radius 2 is 2.13 bits per heavy atom. The topological polar surface area (TPSA) is 37.8 Å². The van der Waals surface area contributed by atoms with Gasteiger partial charge in [-0.3, -0.25) is 0 Å². The van der Waals surface area contributed by atoms with E-state index in [-0.39, 0.29) is 11.9 Å². The largest absolute Gasteiger partial charge is 0.363 e. The van der Waals surface area contributed by atoms with Crippen molar-refractivity contribution >= 4 is 17.4 Å². The molecule has 5 heteroatoms. The number of alkyl halides is 1. The number of rotatable bonds is 4. The summed E-state index contributed by atoms with van der Waals surface area (Å²) in [6.07, 6.45) is 1.34. The Kier molecular flexibility index (Phi) is 4.27. The van der Waals surface area contributed by atoms with Crippen molar-refractivity contribution in [3.05, 3.63) is 17.8 Å². The molecular formula is C10H15ClFN3. The molecule has 1 rings (SSSR count). The van der Waals surface area contributed by atoms with Crippen LogP contribution in [0.4, 0.5) is 10.2 Å². The fourth-order valence-corrected chi connectivity index (χ4v) is 1.55. The number of hydrogen-bond donors (Lipinski definition) is 1. The van der Waals surface area contributed by atoms with Crippen LogP contribution in [0.5, 0.6) is 0 Å². The van der Waals surface area contributed by atoms with Crippen molar-refractivity contribution in [2.75, 3.05) is 11.2 Å². The molecule has 1 aromatic heterocycles. The molecule has 0 spiro atoms. The van der Waals surface area contributed by atoms with Gasteiger partial charge >= 0.3 is 0 Å². The minimum absolute atomic E-state index is 0.00969. The van der Waals surface area contributed by atoms with Crippen LogP contribution in [0.15, 0.2) is 6.33 Å². The molecule has 0 aromatic carbocycles. The van der Waals surface area contributed by atoms with E-state index in [0.29, 0.717) is 17.5 Å². The summed E-state index contributed by atoms with van der Waals surface area (Å²) in [6, 6.07) is 0.00969. The summed E-state index contributed by atoms with van der Waals surface area (Å²) in [5.74, 6) is 0.549. The predicted octanol–water partition coefficient (Wildman–Crippen LogP) is 2.60. The molecule has 1 atom stereocenters. The molecule has 3 nitrogen and oxygen atoms in total. The highest BCUT2D eigenvalue weighted by atomic mass is 35.5. The van der Waals surface area contributed by atoms with E-state index in [9.17, 15) is 4.39 Å². The van der Waals surface area contributed by atoms with E-state index >= 15 is 0 Å². The van der Waals surface area contributed by atoms with Crippen molar-refractivity contribution in [3.63, 3.8) is 0 Å². The molecule has 84 valence electrons. The first-order valence-corrected chi connectivity index (χ1v) is 5.39. The lowest BCUT2D eigenvalue weighted by Gasteiger charge is -2.20. The first-order valence-electron chi connectivity index (χ1n) is 4.85. The Bertz CT molecular complexity index is 330. The summed E-state index contributed by atoms with van der Waals surface area (Å²) in [5.41, 5.74) is 0.338. The number of hydrogen-bond acceptors (Lipinski definition) is 3. The Morgan fingerprint density at radius 3 is 2.67 bits per heavy atom. The van der Waals surface area contributed by atoms with E-state index < -0.39 is 5.82 Å². The second-order valence-electron chi connectivity index (χ2n) is 3.77. The van der Waals surface area contributed by atoms with Gasteiger partial charge in [-0.15, -0.1) is 11.6 Å². The van der Waals surface area contributed by atoms with Crippen LogP contribution < -0.4 is 5.32 Å². The van der Waals surface area contributed by atoms with Crippen LogP contribution in [0.3, 0.4) is 0 Å². The summed E-state index contributed by atoms with van der Waals surface area (Å²) in [6.45, 7) is 5.64. The first kappa shape index (κ1) is 12.2. The molecule has 1 unspecified atom stereocenters. The molecule has 1 heterocycles. The normalized spacial score (nSPS) is 12.9. The van der Waals surface area contributed by atoms with Gasteiger partial charge in [-0.05, 0) is 12.8 Å². The molecule has 0 aliphatic rings. The van der Waals surface area contributed by atoms with Gasteiger partial charge in [-0.2, -0.15) is 0 Å². The number of aryl methyl sites for hydroxylation is 1. The average Bonchev–Trinajstić information content (AvgIpc) is 2.19. The third-order valence-electron chi connectivity index (χ3n) is 2.26. The Balaban J connectivity index is 2.84. The van der Waals surface area contributed by atoms with Gasteiger partial charge in [0.05, 0.1) is 5.69 Å². The molecule has 1 N–H and O–H groups in total. The smallest absolute Gasteiger partial charge is 0.186 e. The maximum Gasteiger partial charge on any atom is 0.186 e. The van der Waals surface area contributed by atoms with Crippen molar-refractivity contribution in [1.29, 1.82) is 0 Å². The molecule has 15 heavy (non-hydrogen) atoms. The number of nitrogens with one attached hydrogen (secondary N) is 1. The minimum atomic E-state index is -0.409. The summed E-state index contributed by atoms with van der Waals surface area (Å²) >= 11 is 5.78. The minimum Gasteiger partial charge on any atom is -0.363 e. The van der Waals surface area contributed by atoms with Crippen molar-refractivity contribution < 1.29 is 4.39 Å². The Morgan fingerprint density at radius 1 is 1.47 bits per heavy atom. The fraction of sp³-hybridized carbons (Fsp3) is 0.600. The standard InChI is InChI=1S/C10H15ClFN3/c1-6(2)8(4-11)15-10-9(12)7(3)13-5-14-10/h5-6,8H,4H2,1-3H3,(H,13,14,15). The van der Waals surface area contributed by atoms with E-state index in [4.69, 9.17) is 11.6 Å². The zero-order valence-corrected chi connectivity index (χ0v) is 9.85. The van der Waals surface area contributed by atoms with Gasteiger partial charge in [0, 0.05) is 11.9 Å². The van der Waals surface area contributed by atoms with Gasteiger partial charge < -0.3 is 5.32 Å². The number of aromatic nitrogens is 2. The van der Waals surface area contributed by atoms with Crippen molar-refractivity contribution in [1.82, 2.24) is 9.97 Å². The van der Waals surface area contributed by atoms with Gasteiger partial charge in [-0.1, -0.05) is 13.8 Å². The third-order valence-corrected chi connectivity index (χ3v) is 2.59. The molecule has 0 radical (unpaired) electrons. The molecule has 0 bridgehead atoms. The molecule has 0 aliphatic heterocycles. The molecule has 0 aliphatic carbocycles. The quantitative estimate of drug-likeness (QED) is 0.810. The maximum atomic E-state index is 13.5. The number of halogens is 2. The van der Waals surface area contributed by atoms with E-state index in [1.807, 2.05) is 13.8 Å². The van der Waals surface area contributed by atoms with E-state index in [2.05, 4.69) is 15.3 Å². The Hall–Kier alpha value is -0.900. The second-order valence-corrected chi connectivity index (χ2v) is 4.08. The molecule has 0 amide bonds. The zero-order chi connectivity index (χ0) is 11.4. The summed E-state index contributed by atoms with van der Waals surface area (Å²) in [5, 5.41) is 2.98. The van der Waals surface area contributed by atoms with E-state index in [0.717, 1.165) is 0 Å². The highest BCUT2D eigenvalue weighted by molar-refractivity contribution is 6.18. The van der Waals surface area contributed by atoms with Crippen LogP contribution in [0, 0.1) is 18.7 Å². The molecule has 0 saturated heterocycles. The van der Waals surface area contributed by atoms with E-state index in [1.165, 1.54) is 6.33 Å². The lowest BCUT2D eigenvalue weighted by molar-refractivity contribution is 0.549. The van der Waals surface area contributed by atoms with Gasteiger partial charge in [0.15, 0.2) is 11.6 Å². The van der Waals surface area contributed by atoms with Gasteiger partial charge in [0.25, 0.3) is 0 Å². The summed E-state index contributed by atoms with van der Waals surface area (Å²) < 4.78 is 13.5. The van der Waals surface area contributed by atoms with Crippen LogP contribution in [0.2, 0.25) is 0 Å². The van der Waals surface area contributed by atoms with Crippen molar-refractivity contribution in [3.8, 4) is 0 Å². The van der Waals surface area contributed by atoms with Crippen LogP contribution >= 0.6 is 11.6 Å². The fourth-order valence-electron chi connectivity index (χ4n) is 1.12. The van der Waals surface area contributed by atoms with Gasteiger partial charge in [0.2, 0.25) is 0 Å². The van der Waals surface area contributed by atoms with E-state index in [1.54, 1.807) is 6.92 Å². The lowest BCUT2D eigenvalue weighted by atomic mass is 10.1. The molecule has 1 aromatic rings. The maximum absolute atomic E-state index is 13.5. The molecule has 0 saturated carbocycles. The first-order chi connectivity index (χ1) is 7.06. The average molecular weight is 232 g/mol. The van der Waals surface area contributed by atoms with Crippen molar-refractivity contribution in [2.24, 2.45) is 5.92 Å². The van der Waals surface area contributed by atoms with Gasteiger partial charge in [0.1, 0.15) is 6.33 Å². The predicted molar refractivity (Wildman–Crippen MR) is 59.7 cm³/mol. The Labute approximate surface area is 94.1 Å². The third kappa shape index (κ3) is 3.02. The van der Waals surface area contributed by atoms with Crippen molar-refractivity contribution in [2.45, 2.75) is 26.8 Å². The molecular weight excluding hydrogens is 217 g/mol. The highest BCUT2D eigenvalue weighted by Gasteiger charge is 2.15. The lowest BCUT2D eigenvalue weighted by Crippen LogP contribution is -2.28. The van der Waals surface area contributed by atoms with Crippen LogP contribution in [-0.2, 0) is 0 Å². The highest BCUT2D eigenvalue weighted by Crippen LogP contribution is 2.16. The zero-order valence-electron chi connectivity index (χ0n) is 9.09. The number of nitrogens with zero attached hydrogens (tertiary/aromatic N) is 2. The number of anilines is 1. The van der Waals surface area contributed by atoms with Gasteiger partial charge in [-0.25, -0.2) is 14.4 Å². The molecule has 0 fully saturated rings. The monoisotopic (exact) mass is 231 g/mol. The SMILES string of the molecule is Cc1ncnc(NC(CCl)C(C)C)c1F. The van der Waals surface area contributed by atoms with Crippen LogP contribution in [-0.4, -0.2) is 21.9 Å². The second kappa shape index (κ2) is 5.26. The van der Waals surface area contributed by atoms with Crippen LogP contribution in [0.25, 0.3) is 0 Å². The summed E-state index contributed by atoms with van der Waals surface area (Å²) in [7, 11) is 0. The van der Waals surface area contributed by atoms with Crippen LogP contribution in [0.1, 0.15) is 19.5 Å². The summed E-state index contributed by atoms with van der Waals surface area (Å²) in [4.78, 5) is 7.61.